The second-order valence-corrected chi connectivity index (χ2v) is 6.02. The van der Waals surface area contributed by atoms with Crippen LogP contribution in [0.1, 0.15) is 32.6 Å². The molecule has 20 heavy (non-hydrogen) atoms. The van der Waals surface area contributed by atoms with Crippen molar-refractivity contribution in [2.24, 2.45) is 0 Å². The molecule has 1 atom stereocenters. The van der Waals surface area contributed by atoms with Gasteiger partial charge in [0, 0.05) is 10.5 Å². The van der Waals surface area contributed by atoms with Gasteiger partial charge in [-0.1, -0.05) is 28.8 Å². The van der Waals surface area contributed by atoms with Gasteiger partial charge in [-0.15, -0.1) is 0 Å². The van der Waals surface area contributed by atoms with Crippen molar-refractivity contribution in [1.82, 2.24) is 5.32 Å². The van der Waals surface area contributed by atoms with E-state index < -0.39 is 17.7 Å². The van der Waals surface area contributed by atoms with Crippen LogP contribution in [-0.4, -0.2) is 18.0 Å². The summed E-state index contributed by atoms with van der Waals surface area (Å²) in [6.45, 7) is 1.59. The van der Waals surface area contributed by atoms with Crippen molar-refractivity contribution >= 4 is 27.5 Å². The Morgan fingerprint density at radius 3 is 2.40 bits per heavy atom. The van der Waals surface area contributed by atoms with E-state index in [1.54, 1.807) is 6.92 Å². The summed E-state index contributed by atoms with van der Waals surface area (Å²) in [5.74, 6) is -1.69. The molecule has 1 aromatic carbocycles. The van der Waals surface area contributed by atoms with Gasteiger partial charge in [-0.25, -0.2) is 8.78 Å². The van der Waals surface area contributed by atoms with Gasteiger partial charge in [-0.2, -0.15) is 0 Å². The smallest absolute Gasteiger partial charge is 0.242 e. The van der Waals surface area contributed by atoms with Crippen LogP contribution in [0.25, 0.3) is 0 Å². The van der Waals surface area contributed by atoms with E-state index in [2.05, 4.69) is 26.6 Å². The van der Waals surface area contributed by atoms with Crippen LogP contribution in [0.5, 0.6) is 0 Å². The SMILES string of the molecule is CC(Nc1c(F)cc(Br)cc1F)C(=O)NC1CCCC1. The Hall–Kier alpha value is -1.17. The van der Waals surface area contributed by atoms with Crippen molar-refractivity contribution in [1.29, 1.82) is 0 Å². The van der Waals surface area contributed by atoms with Gasteiger partial charge < -0.3 is 10.6 Å². The fourth-order valence-electron chi connectivity index (χ4n) is 2.36. The van der Waals surface area contributed by atoms with E-state index in [1.807, 2.05) is 0 Å². The van der Waals surface area contributed by atoms with Crippen molar-refractivity contribution in [2.75, 3.05) is 5.32 Å². The van der Waals surface area contributed by atoms with Crippen LogP contribution in [0.2, 0.25) is 0 Å². The van der Waals surface area contributed by atoms with Crippen LogP contribution in [0, 0.1) is 11.6 Å². The molecule has 0 aromatic heterocycles. The highest BCUT2D eigenvalue weighted by Gasteiger charge is 2.22. The molecule has 0 radical (unpaired) electrons. The van der Waals surface area contributed by atoms with Gasteiger partial charge in [0.2, 0.25) is 5.91 Å². The molecule has 0 heterocycles. The first-order chi connectivity index (χ1) is 9.47. The first kappa shape index (κ1) is 15.2. The highest BCUT2D eigenvalue weighted by Crippen LogP contribution is 2.24. The summed E-state index contributed by atoms with van der Waals surface area (Å²) in [6.07, 6.45) is 4.17. The molecular weight excluding hydrogens is 330 g/mol. The molecule has 2 N–H and O–H groups in total. The topological polar surface area (TPSA) is 41.1 Å². The van der Waals surface area contributed by atoms with Crippen LogP contribution in [0.3, 0.4) is 0 Å². The molecule has 0 spiro atoms. The number of anilines is 1. The summed E-state index contributed by atoms with van der Waals surface area (Å²) in [5, 5.41) is 5.49. The summed E-state index contributed by atoms with van der Waals surface area (Å²) in [4.78, 5) is 12.0. The molecule has 0 aliphatic heterocycles. The Morgan fingerprint density at radius 2 is 1.85 bits per heavy atom. The predicted octanol–water partition coefficient (Wildman–Crippen LogP) is 3.59. The average molecular weight is 347 g/mol. The Morgan fingerprint density at radius 1 is 1.30 bits per heavy atom. The summed E-state index contributed by atoms with van der Waals surface area (Å²) >= 11 is 3.01. The molecule has 2 rings (SSSR count). The molecule has 1 unspecified atom stereocenters. The normalized spacial score (nSPS) is 17.0. The standard InChI is InChI=1S/C14H17BrF2N2O/c1-8(14(20)19-10-4-2-3-5-10)18-13-11(16)6-9(15)7-12(13)17/h6-8,10,18H,2-5H2,1H3,(H,19,20). The second kappa shape index (κ2) is 6.52. The maximum Gasteiger partial charge on any atom is 0.242 e. The number of amides is 1. The van der Waals surface area contributed by atoms with Gasteiger partial charge in [0.25, 0.3) is 0 Å². The zero-order valence-corrected chi connectivity index (χ0v) is 12.8. The largest absolute Gasteiger partial charge is 0.369 e. The third-order valence-corrected chi connectivity index (χ3v) is 3.92. The number of hydrogen-bond acceptors (Lipinski definition) is 2. The molecule has 110 valence electrons. The Labute approximate surface area is 125 Å². The molecular formula is C14H17BrF2N2O. The van der Waals surface area contributed by atoms with Crippen molar-refractivity contribution in [3.8, 4) is 0 Å². The summed E-state index contributed by atoms with van der Waals surface area (Å²) in [6, 6.07) is 1.81. The molecule has 0 saturated heterocycles. The minimum atomic E-state index is -0.725. The maximum absolute atomic E-state index is 13.7. The predicted molar refractivity (Wildman–Crippen MR) is 77.5 cm³/mol. The van der Waals surface area contributed by atoms with Crippen LogP contribution in [0.4, 0.5) is 14.5 Å². The number of carbonyl (C=O) groups excluding carboxylic acids is 1. The molecule has 1 aromatic rings. The van der Waals surface area contributed by atoms with E-state index >= 15 is 0 Å². The fraction of sp³-hybridized carbons (Fsp3) is 0.500. The summed E-state index contributed by atoms with van der Waals surface area (Å²) in [5.41, 5.74) is -0.276. The van der Waals surface area contributed by atoms with Gasteiger partial charge in [0.1, 0.15) is 23.4 Å². The highest BCUT2D eigenvalue weighted by molar-refractivity contribution is 9.10. The van der Waals surface area contributed by atoms with Gasteiger partial charge in [-0.05, 0) is 31.9 Å². The molecule has 1 amide bonds. The number of carbonyl (C=O) groups is 1. The maximum atomic E-state index is 13.7. The van der Waals surface area contributed by atoms with Gasteiger partial charge in [0.05, 0.1) is 0 Å². The minimum Gasteiger partial charge on any atom is -0.369 e. The summed E-state index contributed by atoms with van der Waals surface area (Å²) < 4.78 is 27.7. The first-order valence-electron chi connectivity index (χ1n) is 6.69. The number of benzene rings is 1. The lowest BCUT2D eigenvalue weighted by Crippen LogP contribution is -2.42. The van der Waals surface area contributed by atoms with E-state index in [9.17, 15) is 13.6 Å². The van der Waals surface area contributed by atoms with Crippen LogP contribution < -0.4 is 10.6 Å². The lowest BCUT2D eigenvalue weighted by Gasteiger charge is -2.19. The van der Waals surface area contributed by atoms with Gasteiger partial charge in [0.15, 0.2) is 0 Å². The van der Waals surface area contributed by atoms with E-state index in [0.717, 1.165) is 37.8 Å². The summed E-state index contributed by atoms with van der Waals surface area (Å²) in [7, 11) is 0. The van der Waals surface area contributed by atoms with E-state index in [1.165, 1.54) is 0 Å². The third kappa shape index (κ3) is 3.69. The molecule has 6 heteroatoms. The number of nitrogens with one attached hydrogen (secondary N) is 2. The molecule has 3 nitrogen and oxygen atoms in total. The van der Waals surface area contributed by atoms with E-state index in [4.69, 9.17) is 0 Å². The van der Waals surface area contributed by atoms with E-state index in [-0.39, 0.29) is 17.6 Å². The Kier molecular flexibility index (Phi) is 4.96. The third-order valence-electron chi connectivity index (χ3n) is 3.46. The molecule has 0 bridgehead atoms. The van der Waals surface area contributed by atoms with E-state index in [0.29, 0.717) is 4.47 Å². The zero-order chi connectivity index (χ0) is 14.7. The van der Waals surface area contributed by atoms with Gasteiger partial charge in [-0.3, -0.25) is 4.79 Å². The fourth-order valence-corrected chi connectivity index (χ4v) is 2.76. The Balaban J connectivity index is 2.00. The highest BCUT2D eigenvalue weighted by atomic mass is 79.9. The lowest BCUT2D eigenvalue weighted by atomic mass is 10.2. The lowest BCUT2D eigenvalue weighted by molar-refractivity contribution is -0.122. The molecule has 1 fully saturated rings. The van der Waals surface area contributed by atoms with Crippen LogP contribution in [-0.2, 0) is 4.79 Å². The molecule has 1 saturated carbocycles. The van der Waals surface area contributed by atoms with Gasteiger partial charge >= 0.3 is 0 Å². The number of hydrogen-bond donors (Lipinski definition) is 2. The zero-order valence-electron chi connectivity index (χ0n) is 11.2. The monoisotopic (exact) mass is 346 g/mol. The van der Waals surface area contributed by atoms with Crippen molar-refractivity contribution in [3.05, 3.63) is 28.2 Å². The second-order valence-electron chi connectivity index (χ2n) is 5.10. The molecule has 1 aliphatic carbocycles. The van der Waals surface area contributed by atoms with Crippen molar-refractivity contribution in [3.63, 3.8) is 0 Å². The quantitative estimate of drug-likeness (QED) is 0.874. The molecule has 1 aliphatic rings. The first-order valence-corrected chi connectivity index (χ1v) is 7.48. The number of rotatable bonds is 4. The Bertz CT molecular complexity index is 481. The number of halogens is 3. The average Bonchev–Trinajstić information content (AvgIpc) is 2.86. The van der Waals surface area contributed by atoms with Crippen LogP contribution >= 0.6 is 15.9 Å². The minimum absolute atomic E-state index is 0.186. The van der Waals surface area contributed by atoms with Crippen LogP contribution in [0.15, 0.2) is 16.6 Å². The van der Waals surface area contributed by atoms with Crippen molar-refractivity contribution in [2.45, 2.75) is 44.7 Å². The van der Waals surface area contributed by atoms with Crippen molar-refractivity contribution < 1.29 is 13.6 Å².